The predicted octanol–water partition coefficient (Wildman–Crippen LogP) is 1.93. The minimum absolute atomic E-state index is 0.0262. The number of nitrogens with one attached hydrogen (secondary N) is 2. The minimum atomic E-state index is -0.719. The number of amides is 4. The molecule has 0 aromatic heterocycles. The van der Waals surface area contributed by atoms with Crippen LogP contribution in [-0.4, -0.2) is 49.3 Å². The number of hydrogen-bond acceptors (Lipinski definition) is 6. The molecule has 1 fully saturated rings. The summed E-state index contributed by atoms with van der Waals surface area (Å²) in [6, 6.07) is 6.79. The topological polar surface area (TPSA) is 105 Å². The highest BCUT2D eigenvalue weighted by Crippen LogP contribution is 2.28. The molecule has 0 radical (unpaired) electrons. The van der Waals surface area contributed by atoms with Crippen LogP contribution in [0.2, 0.25) is 0 Å². The molecule has 0 saturated carbocycles. The van der Waals surface area contributed by atoms with E-state index in [0.29, 0.717) is 0 Å². The molecule has 1 saturated heterocycles. The number of benzene rings is 1. The van der Waals surface area contributed by atoms with Gasteiger partial charge in [-0.05, 0) is 37.8 Å². The number of nitrogens with zero attached hydrogens (tertiary/aromatic N) is 1. The van der Waals surface area contributed by atoms with E-state index >= 15 is 0 Å². The molecule has 1 aliphatic heterocycles. The van der Waals surface area contributed by atoms with Crippen LogP contribution in [0.25, 0.3) is 0 Å². The first-order valence-electron chi connectivity index (χ1n) is 9.05. The van der Waals surface area contributed by atoms with E-state index in [2.05, 4.69) is 10.6 Å². The number of anilines is 1. The van der Waals surface area contributed by atoms with Crippen molar-refractivity contribution < 1.29 is 23.9 Å². The van der Waals surface area contributed by atoms with Crippen LogP contribution < -0.4 is 15.5 Å². The number of ether oxygens (including phenoxy) is 1. The van der Waals surface area contributed by atoms with Gasteiger partial charge in [0.2, 0.25) is 5.91 Å². The lowest BCUT2D eigenvalue weighted by atomic mass is 10.1. The zero-order valence-electron chi connectivity index (χ0n) is 16.2. The molecule has 0 unspecified atom stereocenters. The van der Waals surface area contributed by atoms with Gasteiger partial charge in [-0.25, -0.2) is 4.79 Å². The van der Waals surface area contributed by atoms with Gasteiger partial charge in [0.15, 0.2) is 6.61 Å². The van der Waals surface area contributed by atoms with Gasteiger partial charge >= 0.3 is 12.0 Å². The van der Waals surface area contributed by atoms with Crippen molar-refractivity contribution in [1.29, 1.82) is 0 Å². The average Bonchev–Trinajstić information content (AvgIpc) is 3.07. The third-order valence-electron chi connectivity index (χ3n) is 4.41. The second kappa shape index (κ2) is 10.1. The number of thioether (sulfide) groups is 1. The fraction of sp³-hybridized carbons (Fsp3) is 0.474. The van der Waals surface area contributed by atoms with Gasteiger partial charge in [0.05, 0.1) is 5.92 Å². The largest absolute Gasteiger partial charge is 0.455 e. The first-order chi connectivity index (χ1) is 13.3. The molecule has 0 aliphatic carbocycles. The van der Waals surface area contributed by atoms with E-state index < -0.39 is 30.4 Å². The van der Waals surface area contributed by atoms with E-state index in [1.54, 1.807) is 16.7 Å². The molecule has 4 amide bonds. The van der Waals surface area contributed by atoms with Gasteiger partial charge in [0, 0.05) is 29.6 Å². The Hall–Kier alpha value is -2.55. The van der Waals surface area contributed by atoms with Crippen molar-refractivity contribution in [3.05, 3.63) is 24.3 Å². The van der Waals surface area contributed by atoms with E-state index in [-0.39, 0.29) is 24.9 Å². The maximum atomic E-state index is 12.3. The first-order valence-corrected chi connectivity index (χ1v) is 10.3. The zero-order valence-corrected chi connectivity index (χ0v) is 17.0. The van der Waals surface area contributed by atoms with Crippen LogP contribution in [0, 0.1) is 5.92 Å². The smallest absolute Gasteiger partial charge is 0.321 e. The van der Waals surface area contributed by atoms with Gasteiger partial charge in [0.1, 0.15) is 0 Å². The maximum Gasteiger partial charge on any atom is 0.321 e. The molecule has 28 heavy (non-hydrogen) atoms. The third-order valence-corrected chi connectivity index (χ3v) is 5.14. The van der Waals surface area contributed by atoms with Gasteiger partial charge in [-0.15, -0.1) is 11.8 Å². The van der Waals surface area contributed by atoms with Crippen LogP contribution in [-0.2, 0) is 19.1 Å². The highest BCUT2D eigenvalue weighted by Gasteiger charge is 2.36. The summed E-state index contributed by atoms with van der Waals surface area (Å²) in [6.07, 6.45) is 2.69. The highest BCUT2D eigenvalue weighted by atomic mass is 32.2. The summed E-state index contributed by atoms with van der Waals surface area (Å²) >= 11 is 1.56. The van der Waals surface area contributed by atoms with E-state index in [4.69, 9.17) is 4.74 Å². The van der Waals surface area contributed by atoms with Crippen molar-refractivity contribution in [2.75, 3.05) is 24.3 Å². The van der Waals surface area contributed by atoms with Crippen molar-refractivity contribution in [3.8, 4) is 0 Å². The lowest BCUT2D eigenvalue weighted by Crippen LogP contribution is -2.44. The quantitative estimate of drug-likeness (QED) is 0.529. The van der Waals surface area contributed by atoms with Gasteiger partial charge in [-0.1, -0.05) is 13.0 Å². The standard InChI is InChI=1S/C19H25N3O5S/c1-4-12(2)20-19(26)21-16(23)11-27-18(25)13-8-17(24)22(10-13)14-6-5-7-15(9-14)28-3/h5-7,9,12-13H,4,8,10-11H2,1-3H3,(H2,20,21,23,26)/t12-,13-/m1/s1. The van der Waals surface area contributed by atoms with Crippen molar-refractivity contribution >= 4 is 41.3 Å². The molecule has 152 valence electrons. The lowest BCUT2D eigenvalue weighted by molar-refractivity contribution is -0.152. The Labute approximate surface area is 168 Å². The number of rotatable bonds is 7. The second-order valence-corrected chi connectivity index (χ2v) is 7.43. The molecule has 1 aromatic rings. The van der Waals surface area contributed by atoms with Crippen LogP contribution in [0.1, 0.15) is 26.7 Å². The number of esters is 1. The lowest BCUT2D eigenvalue weighted by Gasteiger charge is -2.17. The van der Waals surface area contributed by atoms with E-state index in [9.17, 15) is 19.2 Å². The summed E-state index contributed by atoms with van der Waals surface area (Å²) in [6.45, 7) is 3.34. The second-order valence-electron chi connectivity index (χ2n) is 6.55. The van der Waals surface area contributed by atoms with E-state index in [1.165, 1.54) is 0 Å². The molecule has 1 heterocycles. The Morgan fingerprint density at radius 1 is 1.36 bits per heavy atom. The minimum Gasteiger partial charge on any atom is -0.455 e. The van der Waals surface area contributed by atoms with E-state index in [0.717, 1.165) is 17.0 Å². The average molecular weight is 407 g/mol. The Morgan fingerprint density at radius 3 is 2.79 bits per heavy atom. The van der Waals surface area contributed by atoms with Crippen LogP contribution in [0.15, 0.2) is 29.2 Å². The van der Waals surface area contributed by atoms with E-state index in [1.807, 2.05) is 44.4 Å². The number of hydrogen-bond donors (Lipinski definition) is 2. The summed E-state index contributed by atoms with van der Waals surface area (Å²) < 4.78 is 4.98. The van der Waals surface area contributed by atoms with Crippen LogP contribution in [0.4, 0.5) is 10.5 Å². The zero-order chi connectivity index (χ0) is 20.7. The summed E-state index contributed by atoms with van der Waals surface area (Å²) in [5, 5.41) is 4.68. The van der Waals surface area contributed by atoms with Crippen LogP contribution in [0.5, 0.6) is 0 Å². The Kier molecular flexibility index (Phi) is 7.86. The molecule has 0 bridgehead atoms. The molecule has 9 heteroatoms. The van der Waals surface area contributed by atoms with Gasteiger partial charge < -0.3 is 15.0 Å². The molecule has 2 N–H and O–H groups in total. The molecular formula is C19H25N3O5S. The van der Waals surface area contributed by atoms with Crippen molar-refractivity contribution in [3.63, 3.8) is 0 Å². The molecule has 8 nitrogen and oxygen atoms in total. The van der Waals surface area contributed by atoms with Crippen molar-refractivity contribution in [2.45, 2.75) is 37.6 Å². The Bertz CT molecular complexity index is 755. The van der Waals surface area contributed by atoms with Gasteiger partial charge in [-0.3, -0.25) is 19.7 Å². The number of carbonyl (C=O) groups excluding carboxylic acids is 4. The molecule has 0 spiro atoms. The summed E-state index contributed by atoms with van der Waals surface area (Å²) in [5.74, 6) is -2.16. The molecule has 1 aromatic carbocycles. The molecule has 2 atom stereocenters. The Balaban J connectivity index is 1.84. The maximum absolute atomic E-state index is 12.3. The molecule has 2 rings (SSSR count). The highest BCUT2D eigenvalue weighted by molar-refractivity contribution is 7.98. The van der Waals surface area contributed by atoms with Crippen molar-refractivity contribution in [1.82, 2.24) is 10.6 Å². The third kappa shape index (κ3) is 5.98. The summed E-state index contributed by atoms with van der Waals surface area (Å²) in [7, 11) is 0. The molecule has 1 aliphatic rings. The summed E-state index contributed by atoms with van der Waals surface area (Å²) in [5.41, 5.74) is 0.728. The SMILES string of the molecule is CC[C@@H](C)NC(=O)NC(=O)COC(=O)[C@@H]1CC(=O)N(c2cccc(SC)c2)C1. The molecular weight excluding hydrogens is 382 g/mol. The van der Waals surface area contributed by atoms with Crippen molar-refractivity contribution in [2.24, 2.45) is 5.92 Å². The van der Waals surface area contributed by atoms with Gasteiger partial charge in [0.25, 0.3) is 5.91 Å². The van der Waals surface area contributed by atoms with Crippen LogP contribution in [0.3, 0.4) is 0 Å². The summed E-state index contributed by atoms with van der Waals surface area (Å²) in [4.78, 5) is 50.4. The first kappa shape index (κ1) is 21.7. The fourth-order valence-corrected chi connectivity index (χ4v) is 3.13. The monoisotopic (exact) mass is 407 g/mol. The fourth-order valence-electron chi connectivity index (χ4n) is 2.67. The Morgan fingerprint density at radius 2 is 2.11 bits per heavy atom. The predicted molar refractivity (Wildman–Crippen MR) is 106 cm³/mol. The normalized spacial score (nSPS) is 17.2. The number of urea groups is 1. The number of imide groups is 1. The van der Waals surface area contributed by atoms with Crippen LogP contribution >= 0.6 is 11.8 Å². The number of carbonyl (C=O) groups is 4. The van der Waals surface area contributed by atoms with Gasteiger partial charge in [-0.2, -0.15) is 0 Å².